The number of rotatable bonds is 13. The van der Waals surface area contributed by atoms with Crippen molar-refractivity contribution in [2.24, 2.45) is 11.3 Å². The van der Waals surface area contributed by atoms with Crippen molar-refractivity contribution >= 4 is 14.3 Å². The van der Waals surface area contributed by atoms with Crippen molar-refractivity contribution in [3.8, 4) is 5.75 Å². The third-order valence-electron chi connectivity index (χ3n) is 6.75. The summed E-state index contributed by atoms with van der Waals surface area (Å²) < 4.78 is 38.4. The molecule has 0 N–H and O–H groups in total. The first-order valence-corrected chi connectivity index (χ1v) is 16.0. The van der Waals surface area contributed by atoms with Crippen LogP contribution in [0.4, 0.5) is 4.39 Å². The molecule has 0 heterocycles. The highest BCUT2D eigenvalue weighted by molar-refractivity contribution is 6.74. The molecular weight excluding hydrogens is 487 g/mol. The molecule has 0 aromatic heterocycles. The lowest BCUT2D eigenvalue weighted by atomic mass is 9.97. The fraction of sp³-hybridized carbons (Fsp3) is 0.633. The molecule has 37 heavy (non-hydrogen) atoms. The predicted molar refractivity (Wildman–Crippen MR) is 152 cm³/mol. The van der Waals surface area contributed by atoms with Crippen LogP contribution < -0.4 is 4.74 Å². The molecule has 0 aliphatic rings. The van der Waals surface area contributed by atoms with Crippen molar-refractivity contribution in [3.63, 3.8) is 0 Å². The normalized spacial score (nSPS) is 15.9. The summed E-state index contributed by atoms with van der Waals surface area (Å²) in [5, 5.41) is 0.0758. The maximum absolute atomic E-state index is 15.5. The Morgan fingerprint density at radius 2 is 1.65 bits per heavy atom. The molecule has 0 aliphatic heterocycles. The third kappa shape index (κ3) is 11.5. The SMILES string of the molecule is COc1ccc(CO[C@@H](C=CCCOC(=O)C(C)(C)C)C(F)=C[C@@H](C)[C@@H](C)O[Si](C)(C)C(C)(C)C)cc1. The molecule has 0 bridgehead atoms. The number of halogens is 1. The zero-order valence-corrected chi connectivity index (χ0v) is 25.8. The zero-order valence-electron chi connectivity index (χ0n) is 24.8. The Bertz CT molecular complexity index is 894. The molecule has 0 unspecified atom stereocenters. The van der Waals surface area contributed by atoms with Gasteiger partial charge in [0.1, 0.15) is 17.7 Å². The Kier molecular flexibility index (Phi) is 12.7. The molecule has 0 saturated heterocycles. The molecule has 0 saturated carbocycles. The van der Waals surface area contributed by atoms with E-state index >= 15 is 4.39 Å². The van der Waals surface area contributed by atoms with Crippen LogP contribution in [0.3, 0.4) is 0 Å². The van der Waals surface area contributed by atoms with Gasteiger partial charge in [-0.3, -0.25) is 4.79 Å². The first-order chi connectivity index (χ1) is 17.0. The average Bonchev–Trinajstić information content (AvgIpc) is 2.79. The second-order valence-electron chi connectivity index (χ2n) is 12.2. The number of ether oxygens (including phenoxy) is 3. The summed E-state index contributed by atoms with van der Waals surface area (Å²) in [6.45, 7) is 20.9. The fourth-order valence-electron chi connectivity index (χ4n) is 3.02. The molecule has 0 amide bonds. The highest BCUT2D eigenvalue weighted by Crippen LogP contribution is 2.38. The van der Waals surface area contributed by atoms with Gasteiger partial charge in [-0.25, -0.2) is 4.39 Å². The first kappa shape index (κ1) is 33.1. The van der Waals surface area contributed by atoms with Crippen LogP contribution in [0.15, 0.2) is 48.3 Å². The van der Waals surface area contributed by atoms with Gasteiger partial charge in [0.2, 0.25) is 0 Å². The van der Waals surface area contributed by atoms with Gasteiger partial charge in [-0.2, -0.15) is 0 Å². The van der Waals surface area contributed by atoms with Crippen molar-refractivity contribution in [2.75, 3.05) is 13.7 Å². The van der Waals surface area contributed by atoms with E-state index in [4.69, 9.17) is 18.6 Å². The minimum Gasteiger partial charge on any atom is -0.497 e. The van der Waals surface area contributed by atoms with Crippen LogP contribution in [-0.2, 0) is 25.3 Å². The predicted octanol–water partition coefficient (Wildman–Crippen LogP) is 8.02. The number of hydrogen-bond acceptors (Lipinski definition) is 5. The first-order valence-electron chi connectivity index (χ1n) is 13.1. The molecule has 5 nitrogen and oxygen atoms in total. The van der Waals surface area contributed by atoms with Crippen LogP contribution in [0.2, 0.25) is 18.1 Å². The Balaban J connectivity index is 2.94. The van der Waals surface area contributed by atoms with E-state index in [1.807, 2.05) is 58.9 Å². The van der Waals surface area contributed by atoms with Crippen molar-refractivity contribution in [1.82, 2.24) is 0 Å². The maximum atomic E-state index is 15.5. The van der Waals surface area contributed by atoms with E-state index in [0.29, 0.717) is 6.42 Å². The summed E-state index contributed by atoms with van der Waals surface area (Å²) in [4.78, 5) is 12.0. The molecule has 1 aromatic carbocycles. The van der Waals surface area contributed by atoms with Crippen LogP contribution >= 0.6 is 0 Å². The Hall–Kier alpha value is -1.96. The monoisotopic (exact) mass is 536 g/mol. The molecular formula is C30H49FO5Si. The zero-order chi connectivity index (χ0) is 28.4. The minimum absolute atomic E-state index is 0.0758. The van der Waals surface area contributed by atoms with Crippen LogP contribution in [0.5, 0.6) is 5.75 Å². The Morgan fingerprint density at radius 3 is 2.16 bits per heavy atom. The van der Waals surface area contributed by atoms with Crippen LogP contribution in [0.1, 0.15) is 67.4 Å². The summed E-state index contributed by atoms with van der Waals surface area (Å²) in [6, 6.07) is 7.48. The van der Waals surface area contributed by atoms with Gasteiger partial charge < -0.3 is 18.6 Å². The van der Waals surface area contributed by atoms with Gasteiger partial charge in [0.25, 0.3) is 0 Å². The number of methoxy groups -OCH3 is 1. The number of carbonyl (C=O) groups excluding carboxylic acids is 1. The number of hydrogen-bond donors (Lipinski definition) is 0. The van der Waals surface area contributed by atoms with Gasteiger partial charge in [-0.15, -0.1) is 0 Å². The van der Waals surface area contributed by atoms with E-state index in [1.54, 1.807) is 25.3 Å². The highest BCUT2D eigenvalue weighted by Gasteiger charge is 2.39. The van der Waals surface area contributed by atoms with E-state index in [9.17, 15) is 4.79 Å². The van der Waals surface area contributed by atoms with Crippen molar-refractivity contribution in [1.29, 1.82) is 0 Å². The van der Waals surface area contributed by atoms with E-state index in [1.165, 1.54) is 0 Å². The van der Waals surface area contributed by atoms with E-state index in [-0.39, 0.29) is 42.1 Å². The topological polar surface area (TPSA) is 54.0 Å². The molecule has 1 rings (SSSR count). The number of benzene rings is 1. The molecule has 7 heteroatoms. The number of carbonyl (C=O) groups is 1. The van der Waals surface area contributed by atoms with Crippen molar-refractivity contribution < 1.29 is 27.8 Å². The summed E-state index contributed by atoms with van der Waals surface area (Å²) in [5.74, 6) is -0.0126. The van der Waals surface area contributed by atoms with Gasteiger partial charge in [-0.05, 0) is 76.0 Å². The van der Waals surface area contributed by atoms with Crippen molar-refractivity contribution in [2.45, 2.75) is 98.8 Å². The molecule has 0 radical (unpaired) electrons. The smallest absolute Gasteiger partial charge is 0.311 e. The number of esters is 1. The summed E-state index contributed by atoms with van der Waals surface area (Å²) in [6.07, 6.45) is 4.56. The van der Waals surface area contributed by atoms with Gasteiger partial charge >= 0.3 is 5.97 Å². The quantitative estimate of drug-likeness (QED) is 0.111. The van der Waals surface area contributed by atoms with E-state index in [0.717, 1.165) is 11.3 Å². The summed E-state index contributed by atoms with van der Waals surface area (Å²) in [7, 11) is -0.365. The standard InChI is InChI=1S/C30H49FO5Si/c1-22(23(2)36-37(10,11)30(6,7)8)20-26(31)27(14-12-13-19-34-28(32)29(3,4)5)35-21-24-15-17-25(33-9)18-16-24/h12,14-18,20,22-23,27H,13,19,21H2,1-11H3/t22-,23-,27+/m1/s1. The fourth-order valence-corrected chi connectivity index (χ4v) is 4.52. The van der Waals surface area contributed by atoms with Crippen LogP contribution in [0.25, 0.3) is 0 Å². The van der Waals surface area contributed by atoms with E-state index < -0.39 is 19.8 Å². The summed E-state index contributed by atoms with van der Waals surface area (Å²) in [5.41, 5.74) is 0.357. The highest BCUT2D eigenvalue weighted by atomic mass is 28.4. The van der Waals surface area contributed by atoms with Gasteiger partial charge in [0.05, 0.1) is 25.7 Å². The Labute approximate surface area is 225 Å². The lowest BCUT2D eigenvalue weighted by Crippen LogP contribution is -2.44. The van der Waals surface area contributed by atoms with Crippen molar-refractivity contribution in [3.05, 3.63) is 53.9 Å². The average molecular weight is 537 g/mol. The lowest BCUT2D eigenvalue weighted by Gasteiger charge is -2.39. The second-order valence-corrected chi connectivity index (χ2v) is 16.9. The molecule has 0 aliphatic carbocycles. The van der Waals surface area contributed by atoms with Gasteiger partial charge in [0, 0.05) is 12.0 Å². The van der Waals surface area contributed by atoms with Gasteiger partial charge in [-0.1, -0.05) is 52.0 Å². The maximum Gasteiger partial charge on any atom is 0.311 e. The van der Waals surface area contributed by atoms with Crippen LogP contribution in [0, 0.1) is 11.3 Å². The van der Waals surface area contributed by atoms with Crippen LogP contribution in [-0.4, -0.2) is 40.2 Å². The molecule has 210 valence electrons. The third-order valence-corrected chi connectivity index (χ3v) is 11.3. The summed E-state index contributed by atoms with van der Waals surface area (Å²) >= 11 is 0. The molecule has 1 aromatic rings. The molecule has 3 atom stereocenters. The lowest BCUT2D eigenvalue weighted by molar-refractivity contribution is -0.152. The molecule has 0 spiro atoms. The van der Waals surface area contributed by atoms with E-state index in [2.05, 4.69) is 33.9 Å². The second kappa shape index (κ2) is 14.3. The minimum atomic E-state index is -1.98. The van der Waals surface area contributed by atoms with Gasteiger partial charge in [0.15, 0.2) is 8.32 Å². The molecule has 0 fully saturated rings. The largest absolute Gasteiger partial charge is 0.497 e. The Morgan fingerprint density at radius 1 is 1.05 bits per heavy atom.